The molecule has 1 aromatic heterocycles. The molecule has 3 aromatic rings. The minimum atomic E-state index is -0.122. The van der Waals surface area contributed by atoms with Gasteiger partial charge < -0.3 is 4.74 Å². The van der Waals surface area contributed by atoms with E-state index in [2.05, 4.69) is 21.3 Å². The van der Waals surface area contributed by atoms with Crippen molar-refractivity contribution in [1.82, 2.24) is 9.88 Å². The van der Waals surface area contributed by atoms with E-state index in [1.54, 1.807) is 7.11 Å². The van der Waals surface area contributed by atoms with Crippen molar-refractivity contribution in [3.8, 4) is 17.0 Å². The van der Waals surface area contributed by atoms with Crippen LogP contribution in [0.3, 0.4) is 0 Å². The number of carbonyl (C=O) groups excluding carboxylic acids is 1. The molecule has 0 radical (unpaired) electrons. The van der Waals surface area contributed by atoms with E-state index in [9.17, 15) is 4.79 Å². The van der Waals surface area contributed by atoms with Gasteiger partial charge in [-0.3, -0.25) is 15.0 Å². The first-order valence-electron chi connectivity index (χ1n) is 9.87. The molecule has 1 fully saturated rings. The number of benzene rings is 2. The minimum absolute atomic E-state index is 0.122. The van der Waals surface area contributed by atoms with Crippen molar-refractivity contribution < 1.29 is 9.53 Å². The molecule has 1 amide bonds. The molecule has 0 atom stereocenters. The van der Waals surface area contributed by atoms with E-state index in [1.165, 1.54) is 29.7 Å². The maximum Gasteiger partial charge on any atom is 0.257 e. The molecule has 4 rings (SSSR count). The van der Waals surface area contributed by atoms with Crippen molar-refractivity contribution in [2.45, 2.75) is 26.3 Å². The minimum Gasteiger partial charge on any atom is -0.497 e. The highest BCUT2D eigenvalue weighted by atomic mass is 32.1. The third-order valence-corrected chi connectivity index (χ3v) is 6.06. The molecular weight excluding hydrogens is 382 g/mol. The Hall–Kier alpha value is -2.70. The van der Waals surface area contributed by atoms with Gasteiger partial charge in [-0.15, -0.1) is 11.3 Å². The number of aromatic nitrogens is 1. The van der Waals surface area contributed by atoms with E-state index in [4.69, 9.17) is 4.74 Å². The van der Waals surface area contributed by atoms with Crippen molar-refractivity contribution in [2.24, 2.45) is 0 Å². The van der Waals surface area contributed by atoms with Crippen LogP contribution in [-0.2, 0) is 6.54 Å². The first-order valence-corrected chi connectivity index (χ1v) is 10.7. The Bertz CT molecular complexity index is 992. The Labute approximate surface area is 175 Å². The Morgan fingerprint density at radius 1 is 1.17 bits per heavy atom. The number of ether oxygens (including phenoxy) is 1. The molecule has 0 unspecified atom stereocenters. The van der Waals surface area contributed by atoms with Crippen LogP contribution in [0.2, 0.25) is 0 Å². The topological polar surface area (TPSA) is 54.5 Å². The summed E-state index contributed by atoms with van der Waals surface area (Å²) < 4.78 is 5.22. The fourth-order valence-electron chi connectivity index (χ4n) is 3.65. The molecule has 0 aliphatic carbocycles. The zero-order valence-electron chi connectivity index (χ0n) is 16.8. The number of methoxy groups -OCH3 is 1. The number of nitrogens with one attached hydrogen (secondary N) is 1. The van der Waals surface area contributed by atoms with E-state index in [0.29, 0.717) is 10.7 Å². The quantitative estimate of drug-likeness (QED) is 0.626. The lowest BCUT2D eigenvalue weighted by molar-refractivity contribution is 0.102. The standard InChI is InChI=1S/C23H25N3O2S/c1-16-21(18-8-10-20(28-2)11-9-18)24-23(29-16)25-22(27)19-7-5-6-17(14-19)15-26-12-3-4-13-26/h5-11,14H,3-4,12-13,15H2,1-2H3,(H,24,25,27). The first-order chi connectivity index (χ1) is 14.1. The predicted octanol–water partition coefficient (Wildman–Crippen LogP) is 4.98. The zero-order chi connectivity index (χ0) is 20.2. The van der Waals surface area contributed by atoms with E-state index < -0.39 is 0 Å². The predicted molar refractivity (Wildman–Crippen MR) is 118 cm³/mol. The molecule has 150 valence electrons. The van der Waals surface area contributed by atoms with Crippen molar-refractivity contribution >= 4 is 22.4 Å². The molecule has 0 bridgehead atoms. The molecule has 1 aliphatic rings. The maximum absolute atomic E-state index is 12.8. The summed E-state index contributed by atoms with van der Waals surface area (Å²) in [6.07, 6.45) is 2.53. The molecule has 0 saturated carbocycles. The highest BCUT2D eigenvalue weighted by Gasteiger charge is 2.15. The van der Waals surface area contributed by atoms with Crippen LogP contribution in [-0.4, -0.2) is 36.0 Å². The maximum atomic E-state index is 12.8. The number of thiazole rings is 1. The number of likely N-dealkylation sites (tertiary alicyclic amines) is 1. The van der Waals surface area contributed by atoms with E-state index >= 15 is 0 Å². The number of hydrogen-bond donors (Lipinski definition) is 1. The fraction of sp³-hybridized carbons (Fsp3) is 0.304. The van der Waals surface area contributed by atoms with Crippen LogP contribution in [0.15, 0.2) is 48.5 Å². The highest BCUT2D eigenvalue weighted by Crippen LogP contribution is 2.31. The Morgan fingerprint density at radius 2 is 1.93 bits per heavy atom. The van der Waals surface area contributed by atoms with E-state index in [0.717, 1.165) is 41.5 Å². The van der Waals surface area contributed by atoms with Crippen molar-refractivity contribution in [1.29, 1.82) is 0 Å². The summed E-state index contributed by atoms with van der Waals surface area (Å²) in [7, 11) is 1.65. The number of aryl methyl sites for hydroxylation is 1. The van der Waals surface area contributed by atoms with Crippen LogP contribution in [0, 0.1) is 6.92 Å². The van der Waals surface area contributed by atoms with Crippen molar-refractivity contribution in [3.63, 3.8) is 0 Å². The third kappa shape index (κ3) is 4.66. The second-order valence-corrected chi connectivity index (χ2v) is 8.49. The van der Waals surface area contributed by atoms with Crippen molar-refractivity contribution in [3.05, 3.63) is 64.5 Å². The van der Waals surface area contributed by atoms with Gasteiger partial charge in [-0.05, 0) is 74.8 Å². The Balaban J connectivity index is 1.47. The van der Waals surface area contributed by atoms with E-state index in [1.807, 2.05) is 49.4 Å². The highest BCUT2D eigenvalue weighted by molar-refractivity contribution is 7.16. The van der Waals surface area contributed by atoms with E-state index in [-0.39, 0.29) is 5.91 Å². The molecule has 2 heterocycles. The molecule has 0 spiro atoms. The second kappa shape index (κ2) is 8.76. The van der Waals surface area contributed by atoms with Gasteiger partial charge in [0.05, 0.1) is 12.8 Å². The fourth-order valence-corrected chi connectivity index (χ4v) is 4.48. The lowest BCUT2D eigenvalue weighted by Crippen LogP contribution is -2.19. The molecular formula is C23H25N3O2S. The van der Waals surface area contributed by atoms with Gasteiger partial charge in [0, 0.05) is 22.5 Å². The molecule has 5 nitrogen and oxygen atoms in total. The SMILES string of the molecule is COc1ccc(-c2nc(NC(=O)c3cccc(CN4CCCC4)c3)sc2C)cc1. The number of carbonyl (C=O) groups is 1. The third-order valence-electron chi connectivity index (χ3n) is 5.17. The summed E-state index contributed by atoms with van der Waals surface area (Å²) in [5.41, 5.74) is 3.73. The summed E-state index contributed by atoms with van der Waals surface area (Å²) in [6, 6.07) is 15.7. The first kappa shape index (κ1) is 19.6. The summed E-state index contributed by atoms with van der Waals surface area (Å²) >= 11 is 1.49. The summed E-state index contributed by atoms with van der Waals surface area (Å²) in [6.45, 7) is 5.20. The second-order valence-electron chi connectivity index (χ2n) is 7.29. The van der Waals surface area contributed by atoms with Crippen LogP contribution in [0.4, 0.5) is 5.13 Å². The lowest BCUT2D eigenvalue weighted by atomic mass is 10.1. The average molecular weight is 408 g/mol. The molecule has 1 N–H and O–H groups in total. The number of nitrogens with zero attached hydrogens (tertiary/aromatic N) is 2. The average Bonchev–Trinajstić information content (AvgIpc) is 3.37. The largest absolute Gasteiger partial charge is 0.497 e. The van der Waals surface area contributed by atoms with Gasteiger partial charge in [-0.2, -0.15) is 0 Å². The Kier molecular flexibility index (Phi) is 5.92. The van der Waals surface area contributed by atoms with Gasteiger partial charge in [0.2, 0.25) is 0 Å². The van der Waals surface area contributed by atoms with Gasteiger partial charge in [-0.25, -0.2) is 4.98 Å². The van der Waals surface area contributed by atoms with Crippen LogP contribution < -0.4 is 10.1 Å². The number of rotatable bonds is 6. The molecule has 29 heavy (non-hydrogen) atoms. The van der Waals surface area contributed by atoms with Gasteiger partial charge in [0.25, 0.3) is 5.91 Å². The summed E-state index contributed by atoms with van der Waals surface area (Å²) in [5.74, 6) is 0.687. The zero-order valence-corrected chi connectivity index (χ0v) is 17.6. The smallest absolute Gasteiger partial charge is 0.257 e. The van der Waals surface area contributed by atoms with Gasteiger partial charge >= 0.3 is 0 Å². The normalized spacial score (nSPS) is 14.1. The lowest BCUT2D eigenvalue weighted by Gasteiger charge is -2.14. The summed E-state index contributed by atoms with van der Waals surface area (Å²) in [4.78, 5) is 20.9. The van der Waals surface area contributed by atoms with Gasteiger partial charge in [0.1, 0.15) is 5.75 Å². The van der Waals surface area contributed by atoms with Gasteiger partial charge in [-0.1, -0.05) is 12.1 Å². The Morgan fingerprint density at radius 3 is 2.66 bits per heavy atom. The molecule has 1 saturated heterocycles. The van der Waals surface area contributed by atoms with Gasteiger partial charge in [0.15, 0.2) is 5.13 Å². The molecule has 1 aliphatic heterocycles. The monoisotopic (exact) mass is 407 g/mol. The van der Waals surface area contributed by atoms with Crippen LogP contribution in [0.5, 0.6) is 5.75 Å². The molecule has 2 aromatic carbocycles. The van der Waals surface area contributed by atoms with Crippen LogP contribution in [0.25, 0.3) is 11.3 Å². The van der Waals surface area contributed by atoms with Crippen LogP contribution >= 0.6 is 11.3 Å². The van der Waals surface area contributed by atoms with Crippen LogP contribution in [0.1, 0.15) is 33.6 Å². The summed E-state index contributed by atoms with van der Waals surface area (Å²) in [5, 5.41) is 3.58. The number of hydrogen-bond acceptors (Lipinski definition) is 5. The number of amides is 1. The molecule has 6 heteroatoms. The van der Waals surface area contributed by atoms with Crippen molar-refractivity contribution in [2.75, 3.05) is 25.5 Å². The number of anilines is 1.